The summed E-state index contributed by atoms with van der Waals surface area (Å²) < 4.78 is 16.2. The Labute approximate surface area is 132 Å². The fraction of sp³-hybridized carbons (Fsp3) is 0.933. The van der Waals surface area contributed by atoms with Gasteiger partial charge in [0.1, 0.15) is 0 Å². The Morgan fingerprint density at radius 1 is 1.00 bits per heavy atom. The van der Waals surface area contributed by atoms with E-state index in [0.717, 1.165) is 45.1 Å². The first kappa shape index (κ1) is 20.7. The topological polar surface area (TPSA) is 43.3 Å². The predicted octanol–water partition coefficient (Wildman–Crippen LogP) is 2.84. The molecule has 0 N–H and O–H groups in total. The van der Waals surface area contributed by atoms with Crippen LogP contribution in [0, 0.1) is 0 Å². The van der Waals surface area contributed by atoms with E-state index in [1.807, 2.05) is 0 Å². The molecule has 0 saturated carbocycles. The number of aliphatic imine (C=N–C) groups is 1. The van der Waals surface area contributed by atoms with Gasteiger partial charge in [-0.15, -0.1) is 0 Å². The van der Waals surface area contributed by atoms with Gasteiger partial charge in [-0.05, 0) is 45.8 Å². The molecule has 21 heavy (non-hydrogen) atoms. The zero-order valence-electron chi connectivity index (χ0n) is 14.8. The minimum absolute atomic E-state index is 0.812. The zero-order chi connectivity index (χ0) is 16.1. The van der Waals surface area contributed by atoms with E-state index in [-0.39, 0.29) is 0 Å². The molecule has 0 aliphatic heterocycles. The maximum atomic E-state index is 5.40. The smallest absolute Gasteiger partial charge is 0.377 e. The van der Waals surface area contributed by atoms with Gasteiger partial charge in [0.15, 0.2) is 0 Å². The minimum atomic E-state index is -2.42. The molecule has 126 valence electrons. The molecule has 5 nitrogen and oxygen atoms in total. The van der Waals surface area contributed by atoms with E-state index in [1.54, 1.807) is 21.3 Å². The van der Waals surface area contributed by atoms with E-state index in [9.17, 15) is 0 Å². The molecular weight excluding hydrogens is 284 g/mol. The zero-order valence-corrected chi connectivity index (χ0v) is 15.8. The van der Waals surface area contributed by atoms with Gasteiger partial charge in [-0.1, -0.05) is 13.8 Å². The Kier molecular flexibility index (Phi) is 12.1. The SMILES string of the molecule is CCN(CC)CCCC(C)=NCCC[Si](OC)(OC)OC. The molecule has 0 spiro atoms. The summed E-state index contributed by atoms with van der Waals surface area (Å²) in [6, 6.07) is 0.812. The van der Waals surface area contributed by atoms with Crippen molar-refractivity contribution in [2.45, 2.75) is 46.1 Å². The average Bonchev–Trinajstić information content (AvgIpc) is 2.52. The van der Waals surface area contributed by atoms with Crippen molar-refractivity contribution >= 4 is 14.5 Å². The fourth-order valence-electron chi connectivity index (χ4n) is 2.30. The van der Waals surface area contributed by atoms with E-state index >= 15 is 0 Å². The third-order valence-electron chi connectivity index (χ3n) is 3.86. The predicted molar refractivity (Wildman–Crippen MR) is 91.2 cm³/mol. The Morgan fingerprint density at radius 3 is 2.05 bits per heavy atom. The first-order chi connectivity index (χ1) is 10.1. The minimum Gasteiger partial charge on any atom is -0.377 e. The summed E-state index contributed by atoms with van der Waals surface area (Å²) in [6.07, 6.45) is 3.21. The molecule has 0 bridgehead atoms. The average molecular weight is 319 g/mol. The van der Waals surface area contributed by atoms with Crippen molar-refractivity contribution in [2.24, 2.45) is 4.99 Å². The number of hydrogen-bond acceptors (Lipinski definition) is 5. The second-order valence-corrected chi connectivity index (χ2v) is 8.24. The van der Waals surface area contributed by atoms with E-state index in [2.05, 4.69) is 30.7 Å². The van der Waals surface area contributed by atoms with Crippen molar-refractivity contribution in [1.82, 2.24) is 4.90 Å². The normalized spacial score (nSPS) is 13.2. The Morgan fingerprint density at radius 2 is 1.57 bits per heavy atom. The number of nitrogens with zero attached hydrogens (tertiary/aromatic N) is 2. The van der Waals surface area contributed by atoms with Crippen LogP contribution in [0.25, 0.3) is 0 Å². The largest absolute Gasteiger partial charge is 0.500 e. The van der Waals surface area contributed by atoms with Crippen LogP contribution in [0.1, 0.15) is 40.0 Å². The fourth-order valence-corrected chi connectivity index (χ4v) is 4.00. The lowest BCUT2D eigenvalue weighted by Crippen LogP contribution is -2.42. The van der Waals surface area contributed by atoms with Crippen molar-refractivity contribution < 1.29 is 13.3 Å². The molecule has 0 aromatic heterocycles. The molecule has 0 fully saturated rings. The molecule has 0 radical (unpaired) electrons. The summed E-state index contributed by atoms with van der Waals surface area (Å²) in [5.74, 6) is 0. The molecule has 0 rings (SSSR count). The van der Waals surface area contributed by atoms with Gasteiger partial charge >= 0.3 is 8.80 Å². The Bertz CT molecular complexity index is 272. The maximum Gasteiger partial charge on any atom is 0.500 e. The molecule has 0 aromatic rings. The standard InChI is InChI=1S/C15H34N2O3Si/c1-7-17(8-2)13-9-11-15(3)16-12-10-14-21(18-4,19-5)20-6/h7-14H2,1-6H3. The Balaban J connectivity index is 3.92. The summed E-state index contributed by atoms with van der Waals surface area (Å²) in [5, 5.41) is 0. The lowest BCUT2D eigenvalue weighted by molar-refractivity contribution is 0.123. The molecule has 0 unspecified atom stereocenters. The van der Waals surface area contributed by atoms with Crippen LogP contribution in [0.15, 0.2) is 4.99 Å². The molecule has 6 heteroatoms. The monoisotopic (exact) mass is 318 g/mol. The van der Waals surface area contributed by atoms with Gasteiger partial charge in [0.05, 0.1) is 0 Å². The van der Waals surface area contributed by atoms with Crippen molar-refractivity contribution in [2.75, 3.05) is 47.5 Å². The summed E-state index contributed by atoms with van der Waals surface area (Å²) in [5.41, 5.74) is 1.24. The van der Waals surface area contributed by atoms with Gasteiger partial charge in [0.2, 0.25) is 0 Å². The molecular formula is C15H34N2O3Si. The highest BCUT2D eigenvalue weighted by Gasteiger charge is 2.36. The summed E-state index contributed by atoms with van der Waals surface area (Å²) in [6.45, 7) is 10.8. The van der Waals surface area contributed by atoms with E-state index in [0.29, 0.717) is 0 Å². The highest BCUT2D eigenvalue weighted by molar-refractivity contribution is 6.60. The molecule has 0 aromatic carbocycles. The highest BCUT2D eigenvalue weighted by Crippen LogP contribution is 2.14. The van der Waals surface area contributed by atoms with Gasteiger partial charge in [0, 0.05) is 39.6 Å². The number of rotatable bonds is 13. The van der Waals surface area contributed by atoms with E-state index < -0.39 is 8.80 Å². The Hall–Kier alpha value is -0.273. The van der Waals surface area contributed by atoms with Crippen LogP contribution >= 0.6 is 0 Å². The van der Waals surface area contributed by atoms with Crippen LogP contribution in [0.4, 0.5) is 0 Å². The van der Waals surface area contributed by atoms with Crippen LogP contribution in [-0.4, -0.2) is 66.9 Å². The van der Waals surface area contributed by atoms with Crippen molar-refractivity contribution in [3.8, 4) is 0 Å². The molecule has 0 aliphatic carbocycles. The van der Waals surface area contributed by atoms with E-state index in [4.69, 9.17) is 13.3 Å². The van der Waals surface area contributed by atoms with Gasteiger partial charge in [-0.3, -0.25) is 4.99 Å². The van der Waals surface area contributed by atoms with E-state index in [1.165, 1.54) is 12.1 Å². The first-order valence-electron chi connectivity index (χ1n) is 7.95. The summed E-state index contributed by atoms with van der Waals surface area (Å²) in [7, 11) is 2.55. The van der Waals surface area contributed by atoms with Gasteiger partial charge in [-0.2, -0.15) is 0 Å². The number of hydrogen-bond donors (Lipinski definition) is 0. The summed E-state index contributed by atoms with van der Waals surface area (Å²) in [4.78, 5) is 7.08. The lowest BCUT2D eigenvalue weighted by Gasteiger charge is -2.23. The van der Waals surface area contributed by atoms with Crippen LogP contribution in [0.2, 0.25) is 6.04 Å². The van der Waals surface area contributed by atoms with Crippen LogP contribution in [-0.2, 0) is 13.3 Å². The lowest BCUT2D eigenvalue weighted by atomic mass is 10.2. The molecule has 0 aliphatic rings. The second-order valence-electron chi connectivity index (χ2n) is 5.15. The molecule has 0 amide bonds. The first-order valence-corrected chi connectivity index (χ1v) is 9.88. The van der Waals surface area contributed by atoms with Crippen molar-refractivity contribution in [3.63, 3.8) is 0 Å². The molecule has 0 heterocycles. The third kappa shape index (κ3) is 8.68. The van der Waals surface area contributed by atoms with Crippen molar-refractivity contribution in [1.29, 1.82) is 0 Å². The third-order valence-corrected chi connectivity index (χ3v) is 6.70. The summed E-state index contributed by atoms with van der Waals surface area (Å²) >= 11 is 0. The van der Waals surface area contributed by atoms with Gasteiger partial charge in [-0.25, -0.2) is 0 Å². The quantitative estimate of drug-likeness (QED) is 0.297. The van der Waals surface area contributed by atoms with Crippen LogP contribution in [0.3, 0.4) is 0 Å². The van der Waals surface area contributed by atoms with Crippen molar-refractivity contribution in [3.05, 3.63) is 0 Å². The van der Waals surface area contributed by atoms with Crippen LogP contribution < -0.4 is 0 Å². The highest BCUT2D eigenvalue weighted by atomic mass is 28.4. The second kappa shape index (κ2) is 12.3. The molecule has 0 atom stereocenters. The molecule has 0 saturated heterocycles. The maximum absolute atomic E-state index is 5.40. The van der Waals surface area contributed by atoms with Gasteiger partial charge in [0.25, 0.3) is 0 Å². The van der Waals surface area contributed by atoms with Gasteiger partial charge < -0.3 is 18.2 Å². The van der Waals surface area contributed by atoms with Crippen LogP contribution in [0.5, 0.6) is 0 Å².